The molecule has 4 heteroatoms. The summed E-state index contributed by atoms with van der Waals surface area (Å²) in [7, 11) is 0. The molecule has 0 saturated carbocycles. The first-order chi connectivity index (χ1) is 9.56. The number of Topliss-reactive ketones (excluding diaryl/α,β-unsaturated/α-hetero) is 2. The van der Waals surface area contributed by atoms with Crippen molar-refractivity contribution in [3.63, 3.8) is 0 Å². The second-order valence-corrected chi connectivity index (χ2v) is 5.78. The summed E-state index contributed by atoms with van der Waals surface area (Å²) in [6.45, 7) is 1.53. The van der Waals surface area contributed by atoms with Crippen molar-refractivity contribution >= 4 is 34.9 Å². The van der Waals surface area contributed by atoms with Crippen LogP contribution in [0.15, 0.2) is 53.4 Å². The predicted molar refractivity (Wildman–Crippen MR) is 83.0 cm³/mol. The van der Waals surface area contributed by atoms with Crippen molar-refractivity contribution in [2.24, 2.45) is 0 Å². The lowest BCUT2D eigenvalue weighted by Gasteiger charge is -2.03. The summed E-state index contributed by atoms with van der Waals surface area (Å²) < 4.78 is 0. The molecule has 0 fully saturated rings. The van der Waals surface area contributed by atoms with Gasteiger partial charge in [0.2, 0.25) is 0 Å². The van der Waals surface area contributed by atoms with Gasteiger partial charge in [0.15, 0.2) is 11.6 Å². The van der Waals surface area contributed by atoms with Crippen LogP contribution in [0, 0.1) is 0 Å². The Hall–Kier alpha value is -1.58. The largest absolute Gasteiger partial charge is 0.295 e. The van der Waals surface area contributed by atoms with Crippen molar-refractivity contribution < 1.29 is 9.59 Å². The van der Waals surface area contributed by atoms with Crippen molar-refractivity contribution in [3.05, 3.63) is 64.7 Å². The van der Waals surface area contributed by atoms with Crippen LogP contribution >= 0.6 is 23.4 Å². The Labute approximate surface area is 127 Å². The van der Waals surface area contributed by atoms with Crippen LogP contribution in [0.5, 0.6) is 0 Å². The van der Waals surface area contributed by atoms with Crippen LogP contribution in [0.25, 0.3) is 0 Å². The number of carbonyl (C=O) groups is 2. The summed E-state index contributed by atoms with van der Waals surface area (Å²) >= 11 is 7.24. The maximum atomic E-state index is 12.0. The van der Waals surface area contributed by atoms with Crippen molar-refractivity contribution in [1.82, 2.24) is 0 Å². The van der Waals surface area contributed by atoms with E-state index in [-0.39, 0.29) is 11.6 Å². The molecule has 0 unspecified atom stereocenters. The molecule has 0 radical (unpaired) electrons. The van der Waals surface area contributed by atoms with Crippen molar-refractivity contribution in [2.75, 3.05) is 5.75 Å². The molecule has 0 saturated heterocycles. The van der Waals surface area contributed by atoms with E-state index in [4.69, 9.17) is 11.6 Å². The van der Waals surface area contributed by atoms with Gasteiger partial charge in [-0.25, -0.2) is 0 Å². The van der Waals surface area contributed by atoms with E-state index < -0.39 is 0 Å². The fourth-order valence-corrected chi connectivity index (χ4v) is 2.57. The van der Waals surface area contributed by atoms with Crippen molar-refractivity contribution in [3.8, 4) is 0 Å². The molecule has 20 heavy (non-hydrogen) atoms. The van der Waals surface area contributed by atoms with E-state index >= 15 is 0 Å². The van der Waals surface area contributed by atoms with Gasteiger partial charge in [-0.05, 0) is 43.3 Å². The number of ketones is 2. The minimum absolute atomic E-state index is 0.0405. The van der Waals surface area contributed by atoms with Crippen LogP contribution in [0.3, 0.4) is 0 Å². The standard InChI is InChI=1S/C16H13ClO2S/c1-11(18)12-4-8-15(9-5-12)20-10-16(19)13-2-6-14(17)7-3-13/h2-9H,10H2,1H3. The molecule has 0 atom stereocenters. The maximum Gasteiger partial charge on any atom is 0.173 e. The van der Waals surface area contributed by atoms with Crippen LogP contribution < -0.4 is 0 Å². The smallest absolute Gasteiger partial charge is 0.173 e. The number of thioether (sulfide) groups is 1. The molecular weight excluding hydrogens is 292 g/mol. The number of hydrogen-bond acceptors (Lipinski definition) is 3. The van der Waals surface area contributed by atoms with Gasteiger partial charge in [-0.1, -0.05) is 23.7 Å². The van der Waals surface area contributed by atoms with Crippen molar-refractivity contribution in [1.29, 1.82) is 0 Å². The van der Waals surface area contributed by atoms with E-state index in [1.807, 2.05) is 12.1 Å². The van der Waals surface area contributed by atoms with E-state index in [0.717, 1.165) is 4.90 Å². The molecule has 0 spiro atoms. The zero-order valence-corrected chi connectivity index (χ0v) is 12.5. The summed E-state index contributed by atoms with van der Waals surface area (Å²) in [4.78, 5) is 24.1. The highest BCUT2D eigenvalue weighted by Gasteiger charge is 2.07. The predicted octanol–water partition coefficient (Wildman–Crippen LogP) is 4.52. The van der Waals surface area contributed by atoms with Crippen LogP contribution in [0.4, 0.5) is 0 Å². The lowest BCUT2D eigenvalue weighted by molar-refractivity contribution is 0.101. The molecular formula is C16H13ClO2S. The lowest BCUT2D eigenvalue weighted by Crippen LogP contribution is -2.01. The average Bonchev–Trinajstić information content (AvgIpc) is 2.46. The zero-order chi connectivity index (χ0) is 14.5. The number of benzene rings is 2. The summed E-state index contributed by atoms with van der Waals surface area (Å²) in [5, 5.41) is 0.619. The number of rotatable bonds is 5. The van der Waals surface area contributed by atoms with Gasteiger partial charge in [-0.2, -0.15) is 0 Å². The topological polar surface area (TPSA) is 34.1 Å². The lowest BCUT2D eigenvalue weighted by atomic mass is 10.1. The monoisotopic (exact) mass is 304 g/mol. The second-order valence-electron chi connectivity index (χ2n) is 4.30. The van der Waals surface area contributed by atoms with Gasteiger partial charge >= 0.3 is 0 Å². The molecule has 2 aromatic rings. The average molecular weight is 305 g/mol. The Morgan fingerprint density at radius 1 is 0.950 bits per heavy atom. The van der Waals surface area contributed by atoms with Crippen LogP contribution in [-0.4, -0.2) is 17.3 Å². The van der Waals surface area contributed by atoms with Crippen LogP contribution in [-0.2, 0) is 0 Å². The number of halogens is 1. The highest BCUT2D eigenvalue weighted by molar-refractivity contribution is 8.00. The Morgan fingerprint density at radius 2 is 1.50 bits per heavy atom. The first-order valence-electron chi connectivity index (χ1n) is 6.09. The van der Waals surface area contributed by atoms with E-state index in [1.165, 1.54) is 18.7 Å². The SMILES string of the molecule is CC(=O)c1ccc(SCC(=O)c2ccc(Cl)cc2)cc1. The first kappa shape index (κ1) is 14.8. The van der Waals surface area contributed by atoms with Gasteiger partial charge in [-0.15, -0.1) is 11.8 Å². The van der Waals surface area contributed by atoms with Gasteiger partial charge in [-0.3, -0.25) is 9.59 Å². The molecule has 0 heterocycles. The van der Waals surface area contributed by atoms with E-state index in [2.05, 4.69) is 0 Å². The van der Waals surface area contributed by atoms with Gasteiger partial charge in [0.05, 0.1) is 5.75 Å². The Morgan fingerprint density at radius 3 is 2.05 bits per heavy atom. The molecule has 0 N–H and O–H groups in total. The van der Waals surface area contributed by atoms with Gasteiger partial charge in [0, 0.05) is 21.0 Å². The minimum Gasteiger partial charge on any atom is -0.295 e. The Kier molecular flexibility index (Phi) is 4.99. The third kappa shape index (κ3) is 3.95. The Bertz CT molecular complexity index is 618. The molecule has 0 aliphatic rings. The fourth-order valence-electron chi connectivity index (χ4n) is 1.65. The summed E-state index contributed by atoms with van der Waals surface area (Å²) in [6, 6.07) is 14.1. The van der Waals surface area contributed by atoms with Crippen LogP contribution in [0.1, 0.15) is 27.6 Å². The third-order valence-electron chi connectivity index (χ3n) is 2.80. The highest BCUT2D eigenvalue weighted by Crippen LogP contribution is 2.20. The summed E-state index contributed by atoms with van der Waals surface area (Å²) in [6.07, 6.45) is 0. The first-order valence-corrected chi connectivity index (χ1v) is 7.45. The van der Waals surface area contributed by atoms with Crippen LogP contribution in [0.2, 0.25) is 5.02 Å². The van der Waals surface area contributed by atoms with E-state index in [1.54, 1.807) is 36.4 Å². The number of hydrogen-bond donors (Lipinski definition) is 0. The molecule has 0 aliphatic heterocycles. The normalized spacial score (nSPS) is 10.3. The zero-order valence-electron chi connectivity index (χ0n) is 10.9. The minimum atomic E-state index is 0.0405. The van der Waals surface area contributed by atoms with Gasteiger partial charge in [0.25, 0.3) is 0 Å². The quantitative estimate of drug-likeness (QED) is 0.602. The molecule has 2 rings (SSSR count). The summed E-state index contributed by atoms with van der Waals surface area (Å²) in [5.74, 6) is 0.460. The molecule has 2 nitrogen and oxygen atoms in total. The van der Waals surface area contributed by atoms with E-state index in [0.29, 0.717) is 21.9 Å². The Balaban J connectivity index is 1.96. The van der Waals surface area contributed by atoms with Crippen molar-refractivity contribution in [2.45, 2.75) is 11.8 Å². The molecule has 0 amide bonds. The molecule has 102 valence electrons. The fraction of sp³-hybridized carbons (Fsp3) is 0.125. The molecule has 2 aromatic carbocycles. The molecule has 0 aliphatic carbocycles. The molecule has 0 aromatic heterocycles. The summed E-state index contributed by atoms with van der Waals surface area (Å²) in [5.41, 5.74) is 1.33. The van der Waals surface area contributed by atoms with Gasteiger partial charge < -0.3 is 0 Å². The maximum absolute atomic E-state index is 12.0. The highest BCUT2D eigenvalue weighted by atomic mass is 35.5. The molecule has 0 bridgehead atoms. The third-order valence-corrected chi connectivity index (χ3v) is 4.06. The second kappa shape index (κ2) is 6.73. The number of carbonyl (C=O) groups excluding carboxylic acids is 2. The van der Waals surface area contributed by atoms with Gasteiger partial charge in [0.1, 0.15) is 0 Å². The van der Waals surface area contributed by atoms with E-state index in [9.17, 15) is 9.59 Å².